The maximum absolute atomic E-state index is 11.9. The van der Waals surface area contributed by atoms with Gasteiger partial charge in [0.2, 0.25) is 0 Å². The molecule has 0 bridgehead atoms. The number of carbonyl (C=O) groups excluding carboxylic acids is 1. The van der Waals surface area contributed by atoms with Gasteiger partial charge in [0.05, 0.1) is 12.7 Å². The van der Waals surface area contributed by atoms with Crippen LogP contribution in [0.15, 0.2) is 44.0 Å². The third kappa shape index (κ3) is 2.59. The van der Waals surface area contributed by atoms with Gasteiger partial charge in [-0.3, -0.25) is 9.78 Å². The number of pyridine rings is 1. The SMILES string of the molecule is O=C(Cc1ccco1)c1ncc(Br)cc1Br. The van der Waals surface area contributed by atoms with E-state index in [2.05, 4.69) is 36.8 Å². The molecule has 0 aliphatic rings. The van der Waals surface area contributed by atoms with Crippen LogP contribution < -0.4 is 0 Å². The smallest absolute Gasteiger partial charge is 0.189 e. The minimum atomic E-state index is -0.0747. The van der Waals surface area contributed by atoms with Crippen molar-refractivity contribution in [1.29, 1.82) is 0 Å². The number of ketones is 1. The molecule has 2 aromatic heterocycles. The molecule has 0 radical (unpaired) electrons. The summed E-state index contributed by atoms with van der Waals surface area (Å²) in [7, 11) is 0. The van der Waals surface area contributed by atoms with Crippen LogP contribution in [0.1, 0.15) is 16.2 Å². The van der Waals surface area contributed by atoms with E-state index in [9.17, 15) is 4.79 Å². The molecule has 2 aromatic rings. The van der Waals surface area contributed by atoms with Gasteiger partial charge in [0, 0.05) is 15.1 Å². The maximum Gasteiger partial charge on any atom is 0.189 e. The topological polar surface area (TPSA) is 43.1 Å². The van der Waals surface area contributed by atoms with Gasteiger partial charge in [0.25, 0.3) is 0 Å². The Morgan fingerprint density at radius 1 is 1.44 bits per heavy atom. The van der Waals surface area contributed by atoms with Crippen LogP contribution in [0.3, 0.4) is 0 Å². The zero-order valence-electron chi connectivity index (χ0n) is 8.11. The van der Waals surface area contributed by atoms with Crippen LogP contribution in [-0.2, 0) is 6.42 Å². The molecule has 0 aliphatic carbocycles. The second kappa shape index (κ2) is 4.93. The minimum absolute atomic E-state index is 0.0747. The molecule has 0 saturated carbocycles. The molecule has 2 heterocycles. The van der Waals surface area contributed by atoms with Crippen molar-refractivity contribution in [1.82, 2.24) is 4.98 Å². The first-order valence-electron chi connectivity index (χ1n) is 4.53. The molecule has 82 valence electrons. The Kier molecular flexibility index (Phi) is 3.56. The first-order valence-corrected chi connectivity index (χ1v) is 6.12. The number of hydrogen-bond donors (Lipinski definition) is 0. The third-order valence-electron chi connectivity index (χ3n) is 1.99. The number of rotatable bonds is 3. The lowest BCUT2D eigenvalue weighted by molar-refractivity contribution is 0.0981. The normalized spacial score (nSPS) is 10.4. The highest BCUT2D eigenvalue weighted by molar-refractivity contribution is 9.11. The lowest BCUT2D eigenvalue weighted by Gasteiger charge is -2.01. The number of nitrogens with zero attached hydrogens (tertiary/aromatic N) is 1. The molecule has 2 rings (SSSR count). The van der Waals surface area contributed by atoms with Crippen molar-refractivity contribution in [3.8, 4) is 0 Å². The Morgan fingerprint density at radius 3 is 2.88 bits per heavy atom. The molecule has 0 atom stereocenters. The lowest BCUT2D eigenvalue weighted by atomic mass is 10.1. The van der Waals surface area contributed by atoms with Crippen LogP contribution in [0, 0.1) is 0 Å². The summed E-state index contributed by atoms with van der Waals surface area (Å²) >= 11 is 6.59. The quantitative estimate of drug-likeness (QED) is 0.798. The molecule has 3 nitrogen and oxygen atoms in total. The van der Waals surface area contributed by atoms with E-state index in [4.69, 9.17) is 4.42 Å². The van der Waals surface area contributed by atoms with Crippen molar-refractivity contribution in [2.45, 2.75) is 6.42 Å². The summed E-state index contributed by atoms with van der Waals surface area (Å²) in [5.74, 6) is 0.566. The van der Waals surface area contributed by atoms with Crippen molar-refractivity contribution in [3.05, 3.63) is 51.1 Å². The standard InChI is InChI=1S/C11H7Br2NO2/c12-7-4-9(13)11(14-6-7)10(15)5-8-2-1-3-16-8/h1-4,6H,5H2. The Bertz CT molecular complexity index is 509. The van der Waals surface area contributed by atoms with Gasteiger partial charge in [0.15, 0.2) is 5.78 Å². The second-order valence-electron chi connectivity index (χ2n) is 3.16. The van der Waals surface area contributed by atoms with Crippen LogP contribution in [0.4, 0.5) is 0 Å². The van der Waals surface area contributed by atoms with Gasteiger partial charge in [-0.05, 0) is 50.1 Å². The first-order chi connectivity index (χ1) is 7.66. The van der Waals surface area contributed by atoms with Gasteiger partial charge in [-0.1, -0.05) is 0 Å². The minimum Gasteiger partial charge on any atom is -0.469 e. The van der Waals surface area contributed by atoms with E-state index in [0.29, 0.717) is 15.9 Å². The van der Waals surface area contributed by atoms with Gasteiger partial charge in [-0.2, -0.15) is 0 Å². The Hall–Kier alpha value is -0.940. The zero-order valence-corrected chi connectivity index (χ0v) is 11.3. The molecule has 0 saturated heterocycles. The number of furan rings is 1. The van der Waals surface area contributed by atoms with Crippen LogP contribution in [0.2, 0.25) is 0 Å². The van der Waals surface area contributed by atoms with E-state index in [1.54, 1.807) is 30.7 Å². The molecule has 0 amide bonds. The summed E-state index contributed by atoms with van der Waals surface area (Å²) in [5.41, 5.74) is 0.416. The predicted molar refractivity (Wildman–Crippen MR) is 66.4 cm³/mol. The highest BCUT2D eigenvalue weighted by Crippen LogP contribution is 2.21. The van der Waals surface area contributed by atoms with Gasteiger partial charge < -0.3 is 4.42 Å². The maximum atomic E-state index is 11.9. The van der Waals surface area contributed by atoms with Gasteiger partial charge >= 0.3 is 0 Å². The molecule has 0 spiro atoms. The molecule has 0 fully saturated rings. The fourth-order valence-electron chi connectivity index (χ4n) is 1.27. The summed E-state index contributed by atoms with van der Waals surface area (Å²) < 4.78 is 6.62. The van der Waals surface area contributed by atoms with Gasteiger partial charge in [-0.25, -0.2) is 0 Å². The third-order valence-corrected chi connectivity index (χ3v) is 3.02. The van der Waals surface area contributed by atoms with Crippen molar-refractivity contribution in [2.24, 2.45) is 0 Å². The van der Waals surface area contributed by atoms with Crippen LogP contribution >= 0.6 is 31.9 Å². The largest absolute Gasteiger partial charge is 0.469 e. The van der Waals surface area contributed by atoms with E-state index in [-0.39, 0.29) is 12.2 Å². The fourth-order valence-corrected chi connectivity index (χ4v) is 2.48. The van der Waals surface area contributed by atoms with E-state index in [1.165, 1.54) is 0 Å². The summed E-state index contributed by atoms with van der Waals surface area (Å²) in [6, 6.07) is 5.32. The summed E-state index contributed by atoms with van der Waals surface area (Å²) in [4.78, 5) is 15.9. The molecular formula is C11H7Br2NO2. The second-order valence-corrected chi connectivity index (χ2v) is 4.93. The summed E-state index contributed by atoms with van der Waals surface area (Å²) in [5, 5.41) is 0. The Balaban J connectivity index is 2.21. The highest BCUT2D eigenvalue weighted by atomic mass is 79.9. The number of hydrogen-bond acceptors (Lipinski definition) is 3. The predicted octanol–water partition coefficient (Wildman–Crippen LogP) is 3.63. The highest BCUT2D eigenvalue weighted by Gasteiger charge is 2.13. The summed E-state index contributed by atoms with van der Waals surface area (Å²) in [6.45, 7) is 0. The Labute approximate surface area is 109 Å². The fraction of sp³-hybridized carbons (Fsp3) is 0.0909. The number of aromatic nitrogens is 1. The molecule has 0 N–H and O–H groups in total. The summed E-state index contributed by atoms with van der Waals surface area (Å²) in [6.07, 6.45) is 3.37. The number of Topliss-reactive ketones (excluding diaryl/α,β-unsaturated/α-hetero) is 1. The monoisotopic (exact) mass is 343 g/mol. The van der Waals surface area contributed by atoms with Crippen LogP contribution in [0.5, 0.6) is 0 Å². The van der Waals surface area contributed by atoms with Gasteiger partial charge in [0.1, 0.15) is 11.5 Å². The number of halogens is 2. The van der Waals surface area contributed by atoms with Gasteiger partial charge in [-0.15, -0.1) is 0 Å². The van der Waals surface area contributed by atoms with E-state index in [0.717, 1.165) is 4.47 Å². The molecule has 5 heteroatoms. The van der Waals surface area contributed by atoms with E-state index < -0.39 is 0 Å². The number of carbonyl (C=O) groups is 1. The molecule has 0 aliphatic heterocycles. The zero-order chi connectivity index (χ0) is 11.5. The molecule has 0 unspecified atom stereocenters. The first kappa shape index (κ1) is 11.5. The van der Waals surface area contributed by atoms with Crippen LogP contribution in [-0.4, -0.2) is 10.8 Å². The van der Waals surface area contributed by atoms with Crippen molar-refractivity contribution >= 4 is 37.6 Å². The average Bonchev–Trinajstić information content (AvgIpc) is 2.70. The molecule has 16 heavy (non-hydrogen) atoms. The Morgan fingerprint density at radius 2 is 2.25 bits per heavy atom. The van der Waals surface area contributed by atoms with Crippen molar-refractivity contribution in [3.63, 3.8) is 0 Å². The lowest BCUT2D eigenvalue weighted by Crippen LogP contribution is -2.06. The van der Waals surface area contributed by atoms with Crippen molar-refractivity contribution < 1.29 is 9.21 Å². The average molecular weight is 345 g/mol. The molecule has 0 aromatic carbocycles. The van der Waals surface area contributed by atoms with E-state index >= 15 is 0 Å². The van der Waals surface area contributed by atoms with Crippen molar-refractivity contribution in [2.75, 3.05) is 0 Å². The van der Waals surface area contributed by atoms with E-state index in [1.807, 2.05) is 0 Å². The molecular weight excluding hydrogens is 338 g/mol. The van der Waals surface area contributed by atoms with Crippen LogP contribution in [0.25, 0.3) is 0 Å².